The van der Waals surface area contributed by atoms with E-state index in [1.165, 1.54) is 33.9 Å². The largest absolute Gasteiger partial charge is 0.366 e. The fourth-order valence-electron chi connectivity index (χ4n) is 3.38. The fourth-order valence-corrected chi connectivity index (χ4v) is 3.38. The maximum absolute atomic E-state index is 4.61. The van der Waals surface area contributed by atoms with E-state index in [0.717, 1.165) is 5.82 Å². The molecule has 1 fully saturated rings. The molecule has 0 radical (unpaired) electrons. The maximum Gasteiger partial charge on any atom is 0.129 e. The number of anilines is 1. The average Bonchev–Trinajstić information content (AvgIpc) is 3.19. The van der Waals surface area contributed by atoms with Crippen LogP contribution in [0.25, 0.3) is 21.9 Å². The topological polar surface area (TPSA) is 24.9 Å². The van der Waals surface area contributed by atoms with Gasteiger partial charge in [0.2, 0.25) is 0 Å². The number of nitrogens with zero attached hydrogens (tertiary/aromatic N) is 1. The van der Waals surface area contributed by atoms with E-state index in [1.807, 2.05) is 6.20 Å². The van der Waals surface area contributed by atoms with E-state index in [9.17, 15) is 0 Å². The zero-order valence-corrected chi connectivity index (χ0v) is 11.0. The smallest absolute Gasteiger partial charge is 0.129 e. The van der Waals surface area contributed by atoms with Crippen molar-refractivity contribution in [3.05, 3.63) is 60.3 Å². The highest BCUT2D eigenvalue weighted by Gasteiger charge is 2.46. The van der Waals surface area contributed by atoms with E-state index >= 15 is 0 Å². The van der Waals surface area contributed by atoms with E-state index in [1.54, 1.807) is 0 Å². The van der Waals surface area contributed by atoms with Gasteiger partial charge in [-0.15, -0.1) is 0 Å². The van der Waals surface area contributed by atoms with Crippen LogP contribution in [-0.2, 0) is 0 Å². The van der Waals surface area contributed by atoms with Crippen LogP contribution >= 0.6 is 0 Å². The Morgan fingerprint density at radius 1 is 1.05 bits per heavy atom. The van der Waals surface area contributed by atoms with Gasteiger partial charge in [0.15, 0.2) is 0 Å². The third-order valence-electron chi connectivity index (χ3n) is 4.53. The Morgan fingerprint density at radius 3 is 2.95 bits per heavy atom. The van der Waals surface area contributed by atoms with Gasteiger partial charge in [-0.1, -0.05) is 42.5 Å². The molecular weight excluding hydrogens is 244 g/mol. The molecule has 1 aliphatic carbocycles. The van der Waals surface area contributed by atoms with Crippen LogP contribution < -0.4 is 5.32 Å². The van der Waals surface area contributed by atoms with Crippen LogP contribution in [0.3, 0.4) is 0 Å². The highest BCUT2D eigenvalue weighted by Crippen LogP contribution is 2.51. The number of pyridine rings is 1. The lowest BCUT2D eigenvalue weighted by Gasteiger charge is -2.09. The molecule has 2 atom stereocenters. The number of aromatic nitrogens is 1. The van der Waals surface area contributed by atoms with Crippen LogP contribution in [0.15, 0.2) is 54.7 Å². The molecule has 0 amide bonds. The minimum atomic E-state index is 0.653. The SMILES string of the molecule is c1ccc2c(-c3cnc4c(c3)C3CC3N4)cccc2c1. The van der Waals surface area contributed by atoms with Crippen molar-refractivity contribution in [1.82, 2.24) is 4.98 Å². The first-order valence-corrected chi connectivity index (χ1v) is 7.15. The molecule has 96 valence electrons. The second-order valence-electron chi connectivity index (χ2n) is 5.78. The van der Waals surface area contributed by atoms with Crippen molar-refractivity contribution < 1.29 is 0 Å². The molecule has 3 aromatic rings. The first-order chi connectivity index (χ1) is 9.90. The molecule has 2 unspecified atom stereocenters. The number of rotatable bonds is 1. The number of benzene rings is 2. The summed E-state index contributed by atoms with van der Waals surface area (Å²) in [4.78, 5) is 4.61. The van der Waals surface area contributed by atoms with Gasteiger partial charge < -0.3 is 5.32 Å². The van der Waals surface area contributed by atoms with Gasteiger partial charge in [-0.05, 0) is 28.8 Å². The first kappa shape index (κ1) is 10.4. The van der Waals surface area contributed by atoms with Gasteiger partial charge in [-0.2, -0.15) is 0 Å². The van der Waals surface area contributed by atoms with Crippen molar-refractivity contribution in [3.63, 3.8) is 0 Å². The molecule has 1 saturated carbocycles. The van der Waals surface area contributed by atoms with Crippen molar-refractivity contribution >= 4 is 16.6 Å². The van der Waals surface area contributed by atoms with Crippen molar-refractivity contribution in [2.45, 2.75) is 18.4 Å². The van der Waals surface area contributed by atoms with Gasteiger partial charge in [0.25, 0.3) is 0 Å². The Kier molecular flexibility index (Phi) is 1.88. The van der Waals surface area contributed by atoms with E-state index in [0.29, 0.717) is 12.0 Å². The Morgan fingerprint density at radius 2 is 1.95 bits per heavy atom. The quantitative estimate of drug-likeness (QED) is 0.708. The standard InChI is InChI=1S/C18H14N2/c1-2-6-13-11(4-1)5-3-7-14(13)12-8-16-15-9-17(15)20-18(16)19-10-12/h1-8,10,15,17H,9H2,(H,19,20). The van der Waals surface area contributed by atoms with Gasteiger partial charge in [0.1, 0.15) is 5.82 Å². The van der Waals surface area contributed by atoms with Crippen molar-refractivity contribution in [1.29, 1.82) is 0 Å². The predicted octanol–water partition coefficient (Wildman–Crippen LogP) is 4.18. The molecule has 2 nitrogen and oxygen atoms in total. The van der Waals surface area contributed by atoms with Gasteiger partial charge in [0, 0.05) is 29.3 Å². The molecule has 1 aromatic heterocycles. The summed E-state index contributed by atoms with van der Waals surface area (Å²) in [5, 5.41) is 6.06. The summed E-state index contributed by atoms with van der Waals surface area (Å²) in [7, 11) is 0. The predicted molar refractivity (Wildman–Crippen MR) is 81.9 cm³/mol. The van der Waals surface area contributed by atoms with Gasteiger partial charge in [0.05, 0.1) is 0 Å². The summed E-state index contributed by atoms with van der Waals surface area (Å²) < 4.78 is 0. The van der Waals surface area contributed by atoms with Crippen LogP contribution in [0.2, 0.25) is 0 Å². The normalized spacial score (nSPS) is 22.2. The Hall–Kier alpha value is -2.35. The van der Waals surface area contributed by atoms with Crippen LogP contribution in [0.5, 0.6) is 0 Å². The third-order valence-corrected chi connectivity index (χ3v) is 4.53. The van der Waals surface area contributed by atoms with Crippen LogP contribution in [-0.4, -0.2) is 11.0 Å². The molecule has 2 aliphatic rings. The fraction of sp³-hybridized carbons (Fsp3) is 0.167. The molecular formula is C18H14N2. The first-order valence-electron chi connectivity index (χ1n) is 7.15. The lowest BCUT2D eigenvalue weighted by atomic mass is 9.98. The summed E-state index contributed by atoms with van der Waals surface area (Å²) in [5.41, 5.74) is 3.91. The highest BCUT2D eigenvalue weighted by molar-refractivity contribution is 5.96. The number of nitrogens with one attached hydrogen (secondary N) is 1. The second-order valence-corrected chi connectivity index (χ2v) is 5.78. The van der Waals surface area contributed by atoms with Crippen molar-refractivity contribution in [2.75, 3.05) is 5.32 Å². The molecule has 2 heteroatoms. The molecule has 0 spiro atoms. The summed E-state index contributed by atoms with van der Waals surface area (Å²) in [6.07, 6.45) is 3.27. The molecule has 2 aromatic carbocycles. The van der Waals surface area contributed by atoms with Crippen LogP contribution in [0.4, 0.5) is 5.82 Å². The molecule has 1 aliphatic heterocycles. The molecule has 5 rings (SSSR count). The van der Waals surface area contributed by atoms with E-state index in [2.05, 4.69) is 58.8 Å². The van der Waals surface area contributed by atoms with E-state index < -0.39 is 0 Å². The third kappa shape index (κ3) is 1.36. The van der Waals surface area contributed by atoms with Crippen molar-refractivity contribution in [2.24, 2.45) is 0 Å². The highest BCUT2D eigenvalue weighted by atomic mass is 15.1. The molecule has 20 heavy (non-hydrogen) atoms. The molecule has 0 saturated heterocycles. The van der Waals surface area contributed by atoms with E-state index in [-0.39, 0.29) is 0 Å². The number of hydrogen-bond donors (Lipinski definition) is 1. The van der Waals surface area contributed by atoms with Gasteiger partial charge in [-0.3, -0.25) is 0 Å². The minimum Gasteiger partial charge on any atom is -0.366 e. The maximum atomic E-state index is 4.61. The Labute approximate surface area is 117 Å². The summed E-state index contributed by atoms with van der Waals surface area (Å²) in [6.45, 7) is 0. The minimum absolute atomic E-state index is 0.653. The molecule has 2 heterocycles. The molecule has 0 bridgehead atoms. The zero-order valence-electron chi connectivity index (χ0n) is 11.0. The summed E-state index contributed by atoms with van der Waals surface area (Å²) >= 11 is 0. The van der Waals surface area contributed by atoms with Crippen LogP contribution in [0.1, 0.15) is 17.9 Å². The Balaban J connectivity index is 1.74. The van der Waals surface area contributed by atoms with Gasteiger partial charge in [-0.25, -0.2) is 4.98 Å². The van der Waals surface area contributed by atoms with E-state index in [4.69, 9.17) is 0 Å². The number of hydrogen-bond acceptors (Lipinski definition) is 2. The van der Waals surface area contributed by atoms with Crippen molar-refractivity contribution in [3.8, 4) is 11.1 Å². The summed E-state index contributed by atoms with van der Waals surface area (Å²) in [5.74, 6) is 1.79. The Bertz CT molecular complexity index is 832. The number of fused-ring (bicyclic) bond motifs is 4. The average molecular weight is 258 g/mol. The zero-order chi connectivity index (χ0) is 13.1. The van der Waals surface area contributed by atoms with Gasteiger partial charge >= 0.3 is 0 Å². The lowest BCUT2D eigenvalue weighted by molar-refractivity contribution is 1.14. The summed E-state index contributed by atoms with van der Waals surface area (Å²) in [6, 6.07) is 18.0. The second kappa shape index (κ2) is 3.60. The molecule has 1 N–H and O–H groups in total. The van der Waals surface area contributed by atoms with Crippen LogP contribution in [0, 0.1) is 0 Å². The monoisotopic (exact) mass is 258 g/mol. The lowest BCUT2D eigenvalue weighted by Crippen LogP contribution is -1.98.